The molecular formula is C24H27N5OS3. The van der Waals surface area contributed by atoms with Gasteiger partial charge < -0.3 is 4.90 Å². The standard InChI is InChI=1S/C24H27N5OS3/c1-28(2)12-7-13-29-23(30)20-17-8-3-4-10-19(17)33-22(20)27-24(29)32-15-16-14-31-21(26-16)18-9-5-6-11-25-18/h5-6,9,11,14H,3-4,7-8,10,12-13,15H2,1-2H3. The Morgan fingerprint density at radius 2 is 2.06 bits per heavy atom. The van der Waals surface area contributed by atoms with Crippen molar-refractivity contribution >= 4 is 44.7 Å². The van der Waals surface area contributed by atoms with Crippen LogP contribution in [0.2, 0.25) is 0 Å². The number of thiazole rings is 1. The summed E-state index contributed by atoms with van der Waals surface area (Å²) in [5, 5.41) is 4.67. The van der Waals surface area contributed by atoms with Crippen molar-refractivity contribution in [1.29, 1.82) is 0 Å². The van der Waals surface area contributed by atoms with Crippen molar-refractivity contribution in [2.45, 2.75) is 49.6 Å². The largest absolute Gasteiger partial charge is 0.309 e. The second-order valence-corrected chi connectivity index (χ2v) is 11.4. The number of aryl methyl sites for hydroxylation is 2. The van der Waals surface area contributed by atoms with Gasteiger partial charge in [-0.1, -0.05) is 17.8 Å². The van der Waals surface area contributed by atoms with Crippen molar-refractivity contribution in [3.05, 3.63) is 56.3 Å². The molecule has 0 spiro atoms. The van der Waals surface area contributed by atoms with Crippen LogP contribution >= 0.6 is 34.4 Å². The fourth-order valence-corrected chi connectivity index (χ4v) is 7.31. The van der Waals surface area contributed by atoms with Crippen molar-refractivity contribution in [3.8, 4) is 10.7 Å². The van der Waals surface area contributed by atoms with Crippen LogP contribution < -0.4 is 5.56 Å². The quantitative estimate of drug-likeness (QED) is 0.249. The number of rotatable bonds is 8. The zero-order chi connectivity index (χ0) is 22.8. The molecule has 1 aliphatic carbocycles. The second kappa shape index (κ2) is 10.0. The first-order valence-electron chi connectivity index (χ1n) is 11.3. The van der Waals surface area contributed by atoms with Gasteiger partial charge in [0.15, 0.2) is 5.16 Å². The fraction of sp³-hybridized carbons (Fsp3) is 0.417. The number of pyridine rings is 1. The number of fused-ring (bicyclic) bond motifs is 3. The van der Waals surface area contributed by atoms with E-state index in [0.717, 1.165) is 64.0 Å². The maximum Gasteiger partial charge on any atom is 0.263 e. The molecule has 0 aromatic carbocycles. The highest BCUT2D eigenvalue weighted by atomic mass is 32.2. The molecule has 33 heavy (non-hydrogen) atoms. The third-order valence-corrected chi connectivity index (χ3v) is 8.92. The van der Waals surface area contributed by atoms with Crippen molar-refractivity contribution in [3.63, 3.8) is 0 Å². The summed E-state index contributed by atoms with van der Waals surface area (Å²) in [5.41, 5.74) is 3.28. The number of thioether (sulfide) groups is 1. The lowest BCUT2D eigenvalue weighted by molar-refractivity contribution is 0.379. The molecule has 1 aliphatic rings. The molecule has 0 bridgehead atoms. The molecule has 0 aliphatic heterocycles. The minimum Gasteiger partial charge on any atom is -0.309 e. The maximum absolute atomic E-state index is 13.6. The zero-order valence-corrected chi connectivity index (χ0v) is 21.4. The van der Waals surface area contributed by atoms with Crippen LogP contribution in [0.25, 0.3) is 20.9 Å². The highest BCUT2D eigenvalue weighted by Crippen LogP contribution is 2.35. The van der Waals surface area contributed by atoms with E-state index < -0.39 is 0 Å². The summed E-state index contributed by atoms with van der Waals surface area (Å²) in [6, 6.07) is 5.87. The Morgan fingerprint density at radius 3 is 2.88 bits per heavy atom. The molecule has 6 nitrogen and oxygen atoms in total. The van der Waals surface area contributed by atoms with Gasteiger partial charge in [-0.3, -0.25) is 14.3 Å². The number of thiophene rings is 1. The molecule has 5 rings (SSSR count). The third-order valence-electron chi connectivity index (χ3n) is 5.81. The number of hydrogen-bond donors (Lipinski definition) is 0. The molecule has 0 radical (unpaired) electrons. The van der Waals surface area contributed by atoms with Gasteiger partial charge in [0.25, 0.3) is 5.56 Å². The van der Waals surface area contributed by atoms with Crippen molar-refractivity contribution in [2.75, 3.05) is 20.6 Å². The van der Waals surface area contributed by atoms with Gasteiger partial charge in [0.05, 0.1) is 16.8 Å². The van der Waals surface area contributed by atoms with E-state index in [9.17, 15) is 4.79 Å². The van der Waals surface area contributed by atoms with E-state index in [1.807, 2.05) is 22.8 Å². The SMILES string of the molecule is CN(C)CCCn1c(SCc2csc(-c3ccccn3)n2)nc2sc3c(c2c1=O)CCCC3. The van der Waals surface area contributed by atoms with Crippen molar-refractivity contribution in [2.24, 2.45) is 0 Å². The van der Waals surface area contributed by atoms with Crippen LogP contribution in [0.15, 0.2) is 39.7 Å². The van der Waals surface area contributed by atoms with Crippen LogP contribution in [0.3, 0.4) is 0 Å². The molecule has 4 heterocycles. The molecule has 172 valence electrons. The molecular weight excluding hydrogens is 470 g/mol. The van der Waals surface area contributed by atoms with E-state index >= 15 is 0 Å². The van der Waals surface area contributed by atoms with Gasteiger partial charge in [-0.25, -0.2) is 9.97 Å². The van der Waals surface area contributed by atoms with Crippen LogP contribution in [0.1, 0.15) is 35.4 Å². The zero-order valence-electron chi connectivity index (χ0n) is 18.9. The van der Waals surface area contributed by atoms with E-state index in [4.69, 9.17) is 9.97 Å². The molecule has 0 N–H and O–H groups in total. The normalized spacial score (nSPS) is 13.7. The summed E-state index contributed by atoms with van der Waals surface area (Å²) >= 11 is 4.94. The minimum absolute atomic E-state index is 0.133. The van der Waals surface area contributed by atoms with Gasteiger partial charge >= 0.3 is 0 Å². The van der Waals surface area contributed by atoms with Gasteiger partial charge in [-0.2, -0.15) is 0 Å². The molecule has 0 saturated carbocycles. The third kappa shape index (κ3) is 4.91. The van der Waals surface area contributed by atoms with Crippen LogP contribution in [0.4, 0.5) is 0 Å². The van der Waals surface area contributed by atoms with Gasteiger partial charge in [0.1, 0.15) is 9.84 Å². The first kappa shape index (κ1) is 22.7. The van der Waals surface area contributed by atoms with E-state index in [1.165, 1.54) is 16.9 Å². The lowest BCUT2D eigenvalue weighted by Crippen LogP contribution is -2.25. The lowest BCUT2D eigenvalue weighted by atomic mass is 9.97. The van der Waals surface area contributed by atoms with E-state index in [2.05, 4.69) is 29.4 Å². The smallest absolute Gasteiger partial charge is 0.263 e. The Morgan fingerprint density at radius 1 is 1.18 bits per heavy atom. The van der Waals surface area contributed by atoms with Crippen molar-refractivity contribution in [1.82, 2.24) is 24.4 Å². The molecule has 4 aromatic rings. The van der Waals surface area contributed by atoms with Crippen LogP contribution in [-0.2, 0) is 25.1 Å². The number of aromatic nitrogens is 4. The Kier molecular flexibility index (Phi) is 6.91. The van der Waals surface area contributed by atoms with Crippen molar-refractivity contribution < 1.29 is 0 Å². The van der Waals surface area contributed by atoms with Gasteiger partial charge in [-0.05, 0) is 70.4 Å². The van der Waals surface area contributed by atoms with E-state index in [0.29, 0.717) is 12.3 Å². The highest BCUT2D eigenvalue weighted by molar-refractivity contribution is 7.98. The first-order valence-corrected chi connectivity index (χ1v) is 14.0. The van der Waals surface area contributed by atoms with Gasteiger partial charge in [0.2, 0.25) is 0 Å². The van der Waals surface area contributed by atoms with Crippen LogP contribution in [0, 0.1) is 0 Å². The summed E-state index contributed by atoms with van der Waals surface area (Å²) in [6.45, 7) is 1.62. The Labute approximate surface area is 205 Å². The summed E-state index contributed by atoms with van der Waals surface area (Å²) in [5.74, 6) is 0.681. The molecule has 0 atom stereocenters. The Balaban J connectivity index is 1.44. The van der Waals surface area contributed by atoms with E-state index in [1.54, 1.807) is 40.6 Å². The topological polar surface area (TPSA) is 63.9 Å². The molecule has 4 aromatic heterocycles. The van der Waals surface area contributed by atoms with Gasteiger partial charge in [-0.15, -0.1) is 22.7 Å². The lowest BCUT2D eigenvalue weighted by Gasteiger charge is -2.14. The fourth-order valence-electron chi connectivity index (χ4n) is 4.19. The summed E-state index contributed by atoms with van der Waals surface area (Å²) < 4.78 is 1.91. The molecule has 0 fully saturated rings. The average molecular weight is 498 g/mol. The molecule has 0 saturated heterocycles. The maximum atomic E-state index is 13.6. The molecule has 0 unspecified atom stereocenters. The Bertz CT molecular complexity index is 1310. The molecule has 9 heteroatoms. The van der Waals surface area contributed by atoms with E-state index in [-0.39, 0.29) is 5.56 Å². The summed E-state index contributed by atoms with van der Waals surface area (Å²) in [7, 11) is 4.13. The predicted octanol–water partition coefficient (Wildman–Crippen LogP) is 5.10. The highest BCUT2D eigenvalue weighted by Gasteiger charge is 2.22. The summed E-state index contributed by atoms with van der Waals surface area (Å²) in [6.07, 6.45) is 7.16. The molecule has 0 amide bonds. The minimum atomic E-state index is 0.133. The average Bonchev–Trinajstić information content (AvgIpc) is 3.44. The number of hydrogen-bond acceptors (Lipinski definition) is 8. The van der Waals surface area contributed by atoms with Gasteiger partial charge in [0, 0.05) is 28.8 Å². The summed E-state index contributed by atoms with van der Waals surface area (Å²) in [4.78, 5) is 32.2. The number of nitrogens with zero attached hydrogens (tertiary/aromatic N) is 5. The Hall–Kier alpha value is -2.07. The predicted molar refractivity (Wildman–Crippen MR) is 139 cm³/mol. The van der Waals surface area contributed by atoms with Crippen LogP contribution in [0.5, 0.6) is 0 Å². The second-order valence-electron chi connectivity index (χ2n) is 8.55. The monoisotopic (exact) mass is 497 g/mol. The first-order chi connectivity index (χ1) is 16.1. The van der Waals surface area contributed by atoms with Crippen LogP contribution in [-0.4, -0.2) is 45.1 Å².